The molecule has 1 aliphatic heterocycles. The monoisotopic (exact) mass is 316 g/mol. The zero-order valence-electron chi connectivity index (χ0n) is 13.0. The first-order valence-corrected chi connectivity index (χ1v) is 8.73. The smallest absolute Gasteiger partial charge is 0.264 e. The van der Waals surface area contributed by atoms with Crippen LogP contribution in [0.4, 0.5) is 0 Å². The number of hydrogen-bond acceptors (Lipinski definition) is 4. The largest absolute Gasteiger partial charge is 0.329 e. The number of carbonyl (C=O) groups excluding carboxylic acids is 1. The summed E-state index contributed by atoms with van der Waals surface area (Å²) in [4.78, 5) is 17.0. The van der Waals surface area contributed by atoms with Gasteiger partial charge in [0.25, 0.3) is 5.91 Å². The van der Waals surface area contributed by atoms with Crippen LogP contribution in [0.25, 0.3) is 0 Å². The van der Waals surface area contributed by atoms with Crippen LogP contribution < -0.4 is 0 Å². The molecule has 0 saturated carbocycles. The van der Waals surface area contributed by atoms with Crippen LogP contribution in [0.15, 0.2) is 6.07 Å². The Labute approximate surface area is 134 Å². The van der Waals surface area contributed by atoms with E-state index in [-0.39, 0.29) is 5.91 Å². The lowest BCUT2D eigenvalue weighted by Gasteiger charge is -2.27. The molecule has 2 aliphatic rings. The molecular formula is C16H20N4OS. The number of aromatic nitrogens is 3. The van der Waals surface area contributed by atoms with Crippen molar-refractivity contribution < 1.29 is 4.79 Å². The number of hydrogen-bond donors (Lipinski definition) is 0. The molecule has 3 heterocycles. The van der Waals surface area contributed by atoms with Gasteiger partial charge in [-0.1, -0.05) is 6.92 Å². The molecule has 0 spiro atoms. The fourth-order valence-corrected chi connectivity index (χ4v) is 4.62. The van der Waals surface area contributed by atoms with Gasteiger partial charge < -0.3 is 9.47 Å². The highest BCUT2D eigenvalue weighted by Crippen LogP contribution is 2.33. The first kappa shape index (κ1) is 13.9. The fourth-order valence-electron chi connectivity index (χ4n) is 3.44. The lowest BCUT2D eigenvalue weighted by atomic mass is 9.90. The van der Waals surface area contributed by atoms with Gasteiger partial charge in [0, 0.05) is 18.0 Å². The third-order valence-electron chi connectivity index (χ3n) is 4.77. The highest BCUT2D eigenvalue weighted by Gasteiger charge is 2.27. The van der Waals surface area contributed by atoms with E-state index < -0.39 is 0 Å². The first-order chi connectivity index (χ1) is 10.6. The maximum absolute atomic E-state index is 12.8. The van der Waals surface area contributed by atoms with Crippen LogP contribution in [0.1, 0.15) is 45.1 Å². The molecule has 0 N–H and O–H groups in total. The molecule has 6 heteroatoms. The quantitative estimate of drug-likeness (QED) is 0.812. The molecule has 22 heavy (non-hydrogen) atoms. The Balaban J connectivity index is 1.55. The molecule has 2 aromatic rings. The Morgan fingerprint density at radius 1 is 1.36 bits per heavy atom. The molecule has 0 unspecified atom stereocenters. The van der Waals surface area contributed by atoms with Gasteiger partial charge in [-0.25, -0.2) is 0 Å². The van der Waals surface area contributed by atoms with E-state index in [1.165, 1.54) is 16.9 Å². The Morgan fingerprint density at radius 2 is 2.23 bits per heavy atom. The normalized spacial score (nSPS) is 20.6. The molecule has 0 saturated heterocycles. The molecule has 5 nitrogen and oxygen atoms in total. The minimum Gasteiger partial charge on any atom is -0.329 e. The number of rotatable bonds is 1. The van der Waals surface area contributed by atoms with Gasteiger partial charge in [0.05, 0.1) is 11.4 Å². The van der Waals surface area contributed by atoms with Crippen LogP contribution in [0, 0.1) is 12.8 Å². The van der Waals surface area contributed by atoms with Gasteiger partial charge in [-0.2, -0.15) is 0 Å². The molecule has 0 radical (unpaired) electrons. The van der Waals surface area contributed by atoms with Gasteiger partial charge in [0.15, 0.2) is 5.82 Å². The van der Waals surface area contributed by atoms with E-state index in [1.807, 2.05) is 11.8 Å². The maximum Gasteiger partial charge on any atom is 0.264 e. The van der Waals surface area contributed by atoms with Crippen molar-refractivity contribution in [2.24, 2.45) is 5.92 Å². The topological polar surface area (TPSA) is 51.0 Å². The second-order valence-electron chi connectivity index (χ2n) is 6.45. The van der Waals surface area contributed by atoms with Gasteiger partial charge >= 0.3 is 0 Å². The Morgan fingerprint density at radius 3 is 3.09 bits per heavy atom. The van der Waals surface area contributed by atoms with Crippen molar-refractivity contribution in [2.75, 3.05) is 6.54 Å². The molecular weight excluding hydrogens is 296 g/mol. The lowest BCUT2D eigenvalue weighted by molar-refractivity contribution is 0.0711. The molecule has 1 atom stereocenters. The van der Waals surface area contributed by atoms with Crippen LogP contribution in [-0.4, -0.2) is 32.1 Å². The van der Waals surface area contributed by atoms with E-state index in [0.717, 1.165) is 48.4 Å². The van der Waals surface area contributed by atoms with Crippen molar-refractivity contribution in [3.8, 4) is 0 Å². The van der Waals surface area contributed by atoms with Crippen molar-refractivity contribution in [2.45, 2.75) is 46.2 Å². The summed E-state index contributed by atoms with van der Waals surface area (Å²) >= 11 is 1.69. The van der Waals surface area contributed by atoms with Crippen molar-refractivity contribution in [3.05, 3.63) is 33.0 Å². The van der Waals surface area contributed by atoms with Crippen LogP contribution in [0.5, 0.6) is 0 Å². The minimum absolute atomic E-state index is 0.152. The summed E-state index contributed by atoms with van der Waals surface area (Å²) in [5.41, 5.74) is 1.39. The van der Waals surface area contributed by atoms with E-state index in [9.17, 15) is 4.79 Å². The van der Waals surface area contributed by atoms with E-state index in [2.05, 4.69) is 27.8 Å². The SMILES string of the molecule is Cc1nnc2n1CCN(C(=O)c1cc3c(s1)CC[C@H](C)C3)C2. The zero-order valence-corrected chi connectivity index (χ0v) is 13.8. The second kappa shape index (κ2) is 5.19. The Hall–Kier alpha value is -1.69. The maximum atomic E-state index is 12.8. The van der Waals surface area contributed by atoms with Crippen molar-refractivity contribution in [3.63, 3.8) is 0 Å². The predicted molar refractivity (Wildman–Crippen MR) is 85.0 cm³/mol. The summed E-state index contributed by atoms with van der Waals surface area (Å²) in [6.45, 7) is 6.36. The van der Waals surface area contributed by atoms with Crippen LogP contribution >= 0.6 is 11.3 Å². The number of aryl methyl sites for hydroxylation is 2. The number of amides is 1. The average molecular weight is 316 g/mol. The predicted octanol–water partition coefficient (Wildman–Crippen LogP) is 2.43. The van der Waals surface area contributed by atoms with Crippen molar-refractivity contribution >= 4 is 17.2 Å². The third-order valence-corrected chi connectivity index (χ3v) is 5.99. The molecule has 1 aliphatic carbocycles. The number of thiophene rings is 1. The van der Waals surface area contributed by atoms with Gasteiger partial charge in [-0.15, -0.1) is 21.5 Å². The average Bonchev–Trinajstić information content (AvgIpc) is 3.09. The second-order valence-corrected chi connectivity index (χ2v) is 7.59. The molecule has 1 amide bonds. The van der Waals surface area contributed by atoms with E-state index in [0.29, 0.717) is 6.54 Å². The van der Waals surface area contributed by atoms with Crippen molar-refractivity contribution in [1.29, 1.82) is 0 Å². The van der Waals surface area contributed by atoms with Crippen LogP contribution in [0.3, 0.4) is 0 Å². The lowest BCUT2D eigenvalue weighted by Crippen LogP contribution is -2.38. The minimum atomic E-state index is 0.152. The number of fused-ring (bicyclic) bond motifs is 2. The summed E-state index contributed by atoms with van der Waals surface area (Å²) in [6.07, 6.45) is 3.49. The molecule has 2 aromatic heterocycles. The zero-order chi connectivity index (χ0) is 15.3. The van der Waals surface area contributed by atoms with Gasteiger partial charge in [-0.3, -0.25) is 4.79 Å². The van der Waals surface area contributed by atoms with Crippen LogP contribution in [-0.2, 0) is 25.9 Å². The summed E-state index contributed by atoms with van der Waals surface area (Å²) in [6, 6.07) is 2.13. The number of nitrogens with zero attached hydrogens (tertiary/aromatic N) is 4. The molecule has 116 valence electrons. The van der Waals surface area contributed by atoms with Gasteiger partial charge in [0.1, 0.15) is 5.82 Å². The highest BCUT2D eigenvalue weighted by atomic mass is 32.1. The Bertz CT molecular complexity index is 733. The molecule has 4 rings (SSSR count). The summed E-state index contributed by atoms with van der Waals surface area (Å²) < 4.78 is 2.10. The van der Waals surface area contributed by atoms with Gasteiger partial charge in [0.2, 0.25) is 0 Å². The van der Waals surface area contributed by atoms with E-state index in [4.69, 9.17) is 0 Å². The highest BCUT2D eigenvalue weighted by molar-refractivity contribution is 7.14. The van der Waals surface area contributed by atoms with E-state index >= 15 is 0 Å². The summed E-state index contributed by atoms with van der Waals surface area (Å²) in [5.74, 6) is 2.72. The third kappa shape index (κ3) is 2.26. The number of carbonyl (C=O) groups is 1. The first-order valence-electron chi connectivity index (χ1n) is 7.91. The standard InChI is InChI=1S/C16H20N4OS/c1-10-3-4-13-12(7-10)8-14(22-13)16(21)19-5-6-20-11(2)17-18-15(20)9-19/h8,10H,3-7,9H2,1-2H3/t10-/m0/s1. The van der Waals surface area contributed by atoms with E-state index in [1.54, 1.807) is 11.3 Å². The summed E-state index contributed by atoms with van der Waals surface area (Å²) in [7, 11) is 0. The molecule has 0 aromatic carbocycles. The fraction of sp³-hybridized carbons (Fsp3) is 0.562. The van der Waals surface area contributed by atoms with Crippen LogP contribution in [0.2, 0.25) is 0 Å². The van der Waals surface area contributed by atoms with Crippen molar-refractivity contribution in [1.82, 2.24) is 19.7 Å². The molecule has 0 bridgehead atoms. The summed E-state index contributed by atoms with van der Waals surface area (Å²) in [5, 5.41) is 8.28. The molecule has 0 fully saturated rings. The van der Waals surface area contributed by atoms with Gasteiger partial charge in [-0.05, 0) is 43.7 Å². The Kier molecular flexibility index (Phi) is 3.29.